The summed E-state index contributed by atoms with van der Waals surface area (Å²) in [7, 11) is 0. The van der Waals surface area contributed by atoms with Crippen molar-refractivity contribution in [2.24, 2.45) is 0 Å². The molecule has 1 aliphatic rings. The van der Waals surface area contributed by atoms with Crippen LogP contribution in [-0.4, -0.2) is 27.5 Å². The second-order valence-electron chi connectivity index (χ2n) is 4.90. The van der Waals surface area contributed by atoms with Gasteiger partial charge in [0.05, 0.1) is 5.69 Å². The molecule has 0 amide bonds. The zero-order valence-electron chi connectivity index (χ0n) is 11.0. The maximum Gasteiger partial charge on any atom is 0.225 e. The summed E-state index contributed by atoms with van der Waals surface area (Å²) in [4.78, 5) is 15.4. The van der Waals surface area contributed by atoms with Crippen molar-refractivity contribution in [3.8, 4) is 11.3 Å². The first-order chi connectivity index (χ1) is 9.24. The van der Waals surface area contributed by atoms with Crippen molar-refractivity contribution in [3.63, 3.8) is 0 Å². The number of pyridine rings is 1. The fourth-order valence-electron chi connectivity index (χ4n) is 2.44. The van der Waals surface area contributed by atoms with E-state index in [2.05, 4.69) is 26.8 Å². The van der Waals surface area contributed by atoms with Gasteiger partial charge in [0.2, 0.25) is 5.95 Å². The molecule has 2 N–H and O–H groups in total. The standard InChI is InChI=1S/C14H17N5/c1-10-4-3-7-19(10)14-16-8-11(9-17-14)12-5-2-6-13(15)18-12/h2,5-6,8-10H,3-4,7H2,1H3,(H2,15,18)/t10-/m0/s1. The normalized spacial score (nSPS) is 18.8. The van der Waals surface area contributed by atoms with E-state index in [1.807, 2.05) is 24.5 Å². The molecule has 2 aromatic rings. The van der Waals surface area contributed by atoms with E-state index in [0.717, 1.165) is 23.8 Å². The number of hydrogen-bond acceptors (Lipinski definition) is 5. The molecule has 5 nitrogen and oxygen atoms in total. The number of aromatic nitrogens is 3. The Morgan fingerprint density at radius 1 is 1.26 bits per heavy atom. The van der Waals surface area contributed by atoms with E-state index in [4.69, 9.17) is 5.73 Å². The van der Waals surface area contributed by atoms with Crippen LogP contribution in [0.1, 0.15) is 19.8 Å². The van der Waals surface area contributed by atoms with E-state index in [0.29, 0.717) is 11.9 Å². The third-order valence-corrected chi connectivity index (χ3v) is 3.51. The van der Waals surface area contributed by atoms with Crippen LogP contribution in [0.5, 0.6) is 0 Å². The number of nitrogens with two attached hydrogens (primary N) is 1. The monoisotopic (exact) mass is 255 g/mol. The molecule has 0 radical (unpaired) electrons. The Hall–Kier alpha value is -2.17. The first-order valence-electron chi connectivity index (χ1n) is 6.55. The highest BCUT2D eigenvalue weighted by Crippen LogP contribution is 2.23. The topological polar surface area (TPSA) is 67.9 Å². The Balaban J connectivity index is 1.86. The highest BCUT2D eigenvalue weighted by atomic mass is 15.3. The van der Waals surface area contributed by atoms with E-state index < -0.39 is 0 Å². The Kier molecular flexibility index (Phi) is 3.03. The third-order valence-electron chi connectivity index (χ3n) is 3.51. The largest absolute Gasteiger partial charge is 0.384 e. The SMILES string of the molecule is C[C@H]1CCCN1c1ncc(-c2cccc(N)n2)cn1. The molecule has 0 spiro atoms. The average molecular weight is 255 g/mol. The zero-order valence-corrected chi connectivity index (χ0v) is 11.0. The Bertz CT molecular complexity index is 566. The van der Waals surface area contributed by atoms with Crippen LogP contribution in [0.25, 0.3) is 11.3 Å². The van der Waals surface area contributed by atoms with Crippen molar-refractivity contribution >= 4 is 11.8 Å². The van der Waals surface area contributed by atoms with Crippen LogP contribution in [0.2, 0.25) is 0 Å². The quantitative estimate of drug-likeness (QED) is 0.890. The molecule has 19 heavy (non-hydrogen) atoms. The summed E-state index contributed by atoms with van der Waals surface area (Å²) in [6.45, 7) is 3.25. The number of nitrogen functional groups attached to an aromatic ring is 1. The van der Waals surface area contributed by atoms with E-state index >= 15 is 0 Å². The Labute approximate surface area is 112 Å². The molecule has 1 fully saturated rings. The van der Waals surface area contributed by atoms with Gasteiger partial charge in [-0.05, 0) is 31.9 Å². The molecule has 1 atom stereocenters. The van der Waals surface area contributed by atoms with E-state index in [-0.39, 0.29) is 0 Å². The molecule has 98 valence electrons. The average Bonchev–Trinajstić information content (AvgIpc) is 2.85. The predicted molar refractivity (Wildman–Crippen MR) is 75.7 cm³/mol. The zero-order chi connectivity index (χ0) is 13.2. The fourth-order valence-corrected chi connectivity index (χ4v) is 2.44. The van der Waals surface area contributed by atoms with Crippen molar-refractivity contribution in [2.75, 3.05) is 17.2 Å². The molecule has 1 aliphatic heterocycles. The maximum absolute atomic E-state index is 5.68. The first-order valence-corrected chi connectivity index (χ1v) is 6.55. The Morgan fingerprint density at radius 2 is 2.05 bits per heavy atom. The lowest BCUT2D eigenvalue weighted by Gasteiger charge is -2.20. The van der Waals surface area contributed by atoms with Gasteiger partial charge in [-0.1, -0.05) is 6.07 Å². The van der Waals surface area contributed by atoms with Gasteiger partial charge in [0.1, 0.15) is 5.82 Å². The molecular formula is C14H17N5. The lowest BCUT2D eigenvalue weighted by Crippen LogP contribution is -2.28. The van der Waals surface area contributed by atoms with Gasteiger partial charge in [-0.3, -0.25) is 0 Å². The van der Waals surface area contributed by atoms with Crippen LogP contribution in [0, 0.1) is 0 Å². The maximum atomic E-state index is 5.68. The number of rotatable bonds is 2. The molecule has 3 rings (SSSR count). The minimum Gasteiger partial charge on any atom is -0.384 e. The molecule has 5 heteroatoms. The summed E-state index contributed by atoms with van der Waals surface area (Å²) in [5, 5.41) is 0. The molecular weight excluding hydrogens is 238 g/mol. The molecule has 0 bridgehead atoms. The molecule has 0 aliphatic carbocycles. The second-order valence-corrected chi connectivity index (χ2v) is 4.90. The van der Waals surface area contributed by atoms with Crippen LogP contribution in [0.15, 0.2) is 30.6 Å². The molecule has 3 heterocycles. The van der Waals surface area contributed by atoms with Crippen molar-refractivity contribution in [3.05, 3.63) is 30.6 Å². The van der Waals surface area contributed by atoms with Gasteiger partial charge >= 0.3 is 0 Å². The number of anilines is 2. The van der Waals surface area contributed by atoms with Crippen molar-refractivity contribution in [2.45, 2.75) is 25.8 Å². The predicted octanol–water partition coefficient (Wildman–Crippen LogP) is 2.11. The lowest BCUT2D eigenvalue weighted by atomic mass is 10.2. The van der Waals surface area contributed by atoms with Crippen molar-refractivity contribution < 1.29 is 0 Å². The third kappa shape index (κ3) is 2.36. The van der Waals surface area contributed by atoms with E-state index in [9.17, 15) is 0 Å². The summed E-state index contributed by atoms with van der Waals surface area (Å²) in [6, 6.07) is 6.09. The van der Waals surface area contributed by atoms with Crippen LogP contribution >= 0.6 is 0 Å². The van der Waals surface area contributed by atoms with Crippen LogP contribution in [-0.2, 0) is 0 Å². The minimum atomic E-state index is 0.509. The van der Waals surface area contributed by atoms with Crippen LogP contribution in [0.4, 0.5) is 11.8 Å². The number of nitrogens with zero attached hydrogens (tertiary/aromatic N) is 4. The Morgan fingerprint density at radius 3 is 2.68 bits per heavy atom. The van der Waals surface area contributed by atoms with Gasteiger partial charge in [0.15, 0.2) is 0 Å². The summed E-state index contributed by atoms with van der Waals surface area (Å²) >= 11 is 0. The van der Waals surface area contributed by atoms with Gasteiger partial charge in [0, 0.05) is 30.5 Å². The van der Waals surface area contributed by atoms with Crippen molar-refractivity contribution in [1.82, 2.24) is 15.0 Å². The summed E-state index contributed by atoms with van der Waals surface area (Å²) in [5.74, 6) is 1.31. The molecule has 2 aromatic heterocycles. The van der Waals surface area contributed by atoms with Gasteiger partial charge < -0.3 is 10.6 Å². The number of hydrogen-bond donors (Lipinski definition) is 1. The first kappa shape index (κ1) is 11.9. The second kappa shape index (κ2) is 4.84. The fraction of sp³-hybridized carbons (Fsp3) is 0.357. The minimum absolute atomic E-state index is 0.509. The lowest BCUT2D eigenvalue weighted by molar-refractivity contribution is 0.717. The van der Waals surface area contributed by atoms with Crippen LogP contribution < -0.4 is 10.6 Å². The highest BCUT2D eigenvalue weighted by Gasteiger charge is 2.22. The summed E-state index contributed by atoms with van der Waals surface area (Å²) < 4.78 is 0. The highest BCUT2D eigenvalue weighted by molar-refractivity contribution is 5.59. The van der Waals surface area contributed by atoms with Gasteiger partial charge in [0.25, 0.3) is 0 Å². The van der Waals surface area contributed by atoms with Crippen molar-refractivity contribution in [1.29, 1.82) is 0 Å². The molecule has 0 aromatic carbocycles. The smallest absolute Gasteiger partial charge is 0.225 e. The van der Waals surface area contributed by atoms with Gasteiger partial charge in [-0.25, -0.2) is 15.0 Å². The van der Waals surface area contributed by atoms with Gasteiger partial charge in [-0.2, -0.15) is 0 Å². The van der Waals surface area contributed by atoms with E-state index in [1.54, 1.807) is 6.07 Å². The van der Waals surface area contributed by atoms with Crippen LogP contribution in [0.3, 0.4) is 0 Å². The molecule has 1 saturated heterocycles. The summed E-state index contributed by atoms with van der Waals surface area (Å²) in [5.41, 5.74) is 7.38. The molecule has 0 unspecified atom stereocenters. The summed E-state index contributed by atoms with van der Waals surface area (Å²) in [6.07, 6.45) is 6.05. The van der Waals surface area contributed by atoms with E-state index in [1.165, 1.54) is 12.8 Å². The molecule has 0 saturated carbocycles. The van der Waals surface area contributed by atoms with Gasteiger partial charge in [-0.15, -0.1) is 0 Å².